The van der Waals surface area contributed by atoms with Crippen LogP contribution in [-0.4, -0.2) is 30.1 Å². The quantitative estimate of drug-likeness (QED) is 0.650. The van der Waals surface area contributed by atoms with Crippen LogP contribution in [0.5, 0.6) is 0 Å². The molecule has 0 saturated heterocycles. The standard InChI is InChI=1S/C7H15ClO3Si/c1-5-7(8)6-12(9-2,10-3)11-4/h5H,6H2,1-4H3. The van der Waals surface area contributed by atoms with E-state index in [2.05, 4.69) is 0 Å². The third-order valence-corrected chi connectivity index (χ3v) is 4.89. The fourth-order valence-electron chi connectivity index (χ4n) is 0.775. The first kappa shape index (κ1) is 12.1. The Kier molecular flexibility index (Phi) is 5.78. The molecule has 0 aliphatic heterocycles. The highest BCUT2D eigenvalue weighted by molar-refractivity contribution is 6.63. The Hall–Kier alpha value is 0.127. The van der Waals surface area contributed by atoms with E-state index in [1.165, 1.54) is 0 Å². The smallest absolute Gasteiger partial charge is 0.377 e. The summed E-state index contributed by atoms with van der Waals surface area (Å²) in [5, 5.41) is 0.701. The number of allylic oxidation sites excluding steroid dienone is 2. The normalized spacial score (nSPS) is 13.6. The van der Waals surface area contributed by atoms with Gasteiger partial charge in [0, 0.05) is 26.4 Å². The second-order valence-electron chi connectivity index (χ2n) is 2.21. The summed E-state index contributed by atoms with van der Waals surface area (Å²) in [4.78, 5) is 0. The molecule has 0 radical (unpaired) electrons. The average Bonchev–Trinajstić information content (AvgIpc) is 2.14. The first-order chi connectivity index (χ1) is 5.64. The number of halogens is 1. The molecule has 0 atom stereocenters. The minimum atomic E-state index is -2.50. The van der Waals surface area contributed by atoms with E-state index in [0.29, 0.717) is 11.1 Å². The molecule has 0 N–H and O–H groups in total. The van der Waals surface area contributed by atoms with Crippen molar-refractivity contribution in [2.45, 2.75) is 13.0 Å². The summed E-state index contributed by atoms with van der Waals surface area (Å²) in [5.41, 5.74) is 0. The zero-order valence-corrected chi connectivity index (χ0v) is 9.64. The summed E-state index contributed by atoms with van der Waals surface area (Å²) in [6.07, 6.45) is 1.81. The fourth-order valence-corrected chi connectivity index (χ4v) is 2.82. The van der Waals surface area contributed by atoms with Crippen molar-refractivity contribution in [3.05, 3.63) is 11.1 Å². The van der Waals surface area contributed by atoms with E-state index in [-0.39, 0.29) is 0 Å². The highest BCUT2D eigenvalue weighted by Crippen LogP contribution is 2.21. The van der Waals surface area contributed by atoms with Crippen molar-refractivity contribution in [2.75, 3.05) is 21.3 Å². The van der Waals surface area contributed by atoms with Crippen molar-refractivity contribution in [3.63, 3.8) is 0 Å². The highest BCUT2D eigenvalue weighted by Gasteiger charge is 2.38. The summed E-state index contributed by atoms with van der Waals surface area (Å²) < 4.78 is 15.5. The van der Waals surface area contributed by atoms with Gasteiger partial charge in [0.1, 0.15) is 0 Å². The minimum Gasteiger partial charge on any atom is -0.377 e. The third-order valence-electron chi connectivity index (χ3n) is 1.63. The van der Waals surface area contributed by atoms with Gasteiger partial charge in [-0.15, -0.1) is 0 Å². The predicted molar refractivity (Wildman–Crippen MR) is 51.2 cm³/mol. The lowest BCUT2D eigenvalue weighted by Gasteiger charge is -2.23. The zero-order valence-electron chi connectivity index (χ0n) is 7.89. The van der Waals surface area contributed by atoms with Crippen LogP contribution in [0, 0.1) is 0 Å². The van der Waals surface area contributed by atoms with Gasteiger partial charge in [0.2, 0.25) is 0 Å². The van der Waals surface area contributed by atoms with Crippen molar-refractivity contribution in [2.24, 2.45) is 0 Å². The molecule has 0 aliphatic carbocycles. The molecule has 0 fully saturated rings. The molecule has 0 rings (SSSR count). The van der Waals surface area contributed by atoms with E-state index in [1.54, 1.807) is 27.4 Å². The van der Waals surface area contributed by atoms with E-state index >= 15 is 0 Å². The molecule has 3 nitrogen and oxygen atoms in total. The van der Waals surface area contributed by atoms with Crippen LogP contribution in [0.2, 0.25) is 6.04 Å². The van der Waals surface area contributed by atoms with Gasteiger partial charge in [-0.25, -0.2) is 0 Å². The van der Waals surface area contributed by atoms with Gasteiger partial charge in [-0.2, -0.15) is 0 Å². The molecule has 5 heteroatoms. The summed E-state index contributed by atoms with van der Waals surface area (Å²) in [6, 6.07) is 0.522. The monoisotopic (exact) mass is 210 g/mol. The molecule has 12 heavy (non-hydrogen) atoms. The first-order valence-corrected chi connectivity index (χ1v) is 5.91. The van der Waals surface area contributed by atoms with E-state index in [1.807, 2.05) is 6.92 Å². The predicted octanol–water partition coefficient (Wildman–Crippen LogP) is 2.01. The minimum absolute atomic E-state index is 0.522. The lowest BCUT2D eigenvalue weighted by atomic mass is 10.6. The molecular formula is C7H15ClO3Si. The largest absolute Gasteiger partial charge is 0.505 e. The first-order valence-electron chi connectivity index (χ1n) is 3.60. The van der Waals surface area contributed by atoms with Crippen LogP contribution >= 0.6 is 11.6 Å². The Bertz CT molecular complexity index is 148. The number of hydrogen-bond acceptors (Lipinski definition) is 3. The van der Waals surface area contributed by atoms with Crippen molar-refractivity contribution in [3.8, 4) is 0 Å². The van der Waals surface area contributed by atoms with E-state index < -0.39 is 8.80 Å². The molecule has 0 bridgehead atoms. The van der Waals surface area contributed by atoms with Crippen molar-refractivity contribution in [1.82, 2.24) is 0 Å². The van der Waals surface area contributed by atoms with E-state index in [4.69, 9.17) is 24.9 Å². The van der Waals surface area contributed by atoms with Crippen LogP contribution in [0.15, 0.2) is 11.1 Å². The molecule has 0 saturated carbocycles. The highest BCUT2D eigenvalue weighted by atomic mass is 35.5. The molecular weight excluding hydrogens is 196 g/mol. The zero-order chi connectivity index (χ0) is 9.61. The van der Waals surface area contributed by atoms with Crippen LogP contribution < -0.4 is 0 Å². The maximum atomic E-state index is 5.84. The van der Waals surface area contributed by atoms with E-state index in [9.17, 15) is 0 Å². The Labute approximate surface area is 79.6 Å². The molecule has 0 unspecified atom stereocenters. The Balaban J connectivity index is 4.30. The van der Waals surface area contributed by atoms with Crippen molar-refractivity contribution < 1.29 is 13.3 Å². The van der Waals surface area contributed by atoms with Gasteiger partial charge < -0.3 is 13.3 Å². The Morgan fingerprint density at radius 2 is 1.67 bits per heavy atom. The van der Waals surface area contributed by atoms with Crippen LogP contribution in [0.4, 0.5) is 0 Å². The molecule has 0 aromatic carbocycles. The van der Waals surface area contributed by atoms with Crippen molar-refractivity contribution >= 4 is 20.4 Å². The van der Waals surface area contributed by atoms with Gasteiger partial charge >= 0.3 is 8.80 Å². The Morgan fingerprint density at radius 1 is 1.25 bits per heavy atom. The average molecular weight is 211 g/mol. The summed E-state index contributed by atoms with van der Waals surface area (Å²) in [6.45, 7) is 1.86. The molecule has 0 aliphatic rings. The summed E-state index contributed by atoms with van der Waals surface area (Å²) >= 11 is 5.84. The van der Waals surface area contributed by atoms with Crippen LogP contribution in [0.1, 0.15) is 6.92 Å². The van der Waals surface area contributed by atoms with Crippen LogP contribution in [-0.2, 0) is 13.3 Å². The maximum absolute atomic E-state index is 5.84. The Morgan fingerprint density at radius 3 is 1.92 bits per heavy atom. The fraction of sp³-hybridized carbons (Fsp3) is 0.714. The number of rotatable bonds is 5. The SMILES string of the molecule is CC=C(Cl)C[Si](OC)(OC)OC. The van der Waals surface area contributed by atoms with Crippen LogP contribution in [0.3, 0.4) is 0 Å². The molecule has 0 aromatic heterocycles. The van der Waals surface area contributed by atoms with Gasteiger partial charge in [0.05, 0.1) is 6.04 Å². The number of hydrogen-bond donors (Lipinski definition) is 0. The molecule has 0 heterocycles. The lowest BCUT2D eigenvalue weighted by molar-refractivity contribution is 0.127. The van der Waals surface area contributed by atoms with Gasteiger partial charge in [-0.3, -0.25) is 0 Å². The summed E-state index contributed by atoms with van der Waals surface area (Å²) in [7, 11) is 2.20. The summed E-state index contributed by atoms with van der Waals surface area (Å²) in [5.74, 6) is 0. The van der Waals surface area contributed by atoms with Gasteiger partial charge in [0.25, 0.3) is 0 Å². The third kappa shape index (κ3) is 3.24. The molecule has 0 aromatic rings. The van der Waals surface area contributed by atoms with Crippen LogP contribution in [0.25, 0.3) is 0 Å². The topological polar surface area (TPSA) is 27.7 Å². The maximum Gasteiger partial charge on any atom is 0.505 e. The second kappa shape index (κ2) is 5.72. The molecule has 0 spiro atoms. The van der Waals surface area contributed by atoms with Gasteiger partial charge in [0.15, 0.2) is 0 Å². The van der Waals surface area contributed by atoms with Gasteiger partial charge in [-0.1, -0.05) is 17.7 Å². The second-order valence-corrected chi connectivity index (χ2v) is 5.64. The molecule has 0 amide bonds. The van der Waals surface area contributed by atoms with Gasteiger partial charge in [-0.05, 0) is 6.92 Å². The van der Waals surface area contributed by atoms with Crippen molar-refractivity contribution in [1.29, 1.82) is 0 Å². The lowest BCUT2D eigenvalue weighted by Crippen LogP contribution is -2.42. The van der Waals surface area contributed by atoms with E-state index in [0.717, 1.165) is 0 Å². The molecule has 72 valence electrons.